The van der Waals surface area contributed by atoms with Crippen molar-refractivity contribution < 1.29 is 4.79 Å². The molecule has 0 unspecified atom stereocenters. The van der Waals surface area contributed by atoms with Gasteiger partial charge in [-0.1, -0.05) is 35.4 Å². The Kier molecular flexibility index (Phi) is 8.54. The van der Waals surface area contributed by atoms with E-state index in [9.17, 15) is 9.59 Å². The van der Waals surface area contributed by atoms with Crippen LogP contribution in [0, 0.1) is 12.8 Å². The zero-order valence-corrected chi connectivity index (χ0v) is 21.2. The Hall–Kier alpha value is -2.38. The highest BCUT2D eigenvalue weighted by molar-refractivity contribution is 6.32. The van der Waals surface area contributed by atoms with Crippen LogP contribution in [-0.4, -0.2) is 60.1 Å². The van der Waals surface area contributed by atoms with E-state index in [2.05, 4.69) is 29.3 Å². The highest BCUT2D eigenvalue weighted by atomic mass is 35.5. The van der Waals surface area contributed by atoms with E-state index in [1.54, 1.807) is 0 Å². The molecule has 1 N–H and O–H groups in total. The Morgan fingerprint density at radius 3 is 2.58 bits per heavy atom. The molecular weight excluding hydrogens is 438 g/mol. The molecule has 1 aromatic heterocycles. The molecule has 1 amide bonds. The molecule has 0 bridgehead atoms. The lowest BCUT2D eigenvalue weighted by molar-refractivity contribution is -0.122. The second-order valence-corrected chi connectivity index (χ2v) is 9.94. The Morgan fingerprint density at radius 2 is 1.97 bits per heavy atom. The second-order valence-electron chi connectivity index (χ2n) is 9.58. The van der Waals surface area contributed by atoms with Gasteiger partial charge in [0.15, 0.2) is 11.0 Å². The number of aromatic nitrogens is 2. The van der Waals surface area contributed by atoms with Crippen LogP contribution >= 0.6 is 11.6 Å². The number of nitrogens with zero attached hydrogens (tertiary/aromatic N) is 4. The highest BCUT2D eigenvalue weighted by Crippen LogP contribution is 2.29. The number of hydrogen-bond donors (Lipinski definition) is 1. The number of benzene rings is 1. The van der Waals surface area contributed by atoms with Crippen LogP contribution in [0.15, 0.2) is 29.1 Å². The number of carbonyl (C=O) groups excluding carboxylic acids is 1. The molecular formula is C25H36ClN5O2. The number of halogens is 1. The molecule has 1 saturated heterocycles. The van der Waals surface area contributed by atoms with E-state index < -0.39 is 0 Å². The van der Waals surface area contributed by atoms with E-state index in [1.807, 2.05) is 49.9 Å². The first-order valence-corrected chi connectivity index (χ1v) is 12.1. The van der Waals surface area contributed by atoms with E-state index in [4.69, 9.17) is 11.6 Å². The van der Waals surface area contributed by atoms with Crippen LogP contribution in [0.2, 0.25) is 5.15 Å². The smallest absolute Gasteiger partial charge is 0.294 e. The third-order valence-electron chi connectivity index (χ3n) is 6.05. The lowest BCUT2D eigenvalue weighted by Crippen LogP contribution is -2.42. The molecule has 7 nitrogen and oxygen atoms in total. The number of rotatable bonds is 8. The van der Waals surface area contributed by atoms with Gasteiger partial charge in [0.05, 0.1) is 5.69 Å². The maximum atomic E-state index is 13.6. The predicted molar refractivity (Wildman–Crippen MR) is 135 cm³/mol. The summed E-state index contributed by atoms with van der Waals surface area (Å²) < 4.78 is 1.48. The van der Waals surface area contributed by atoms with Crippen LogP contribution in [0.25, 0.3) is 11.3 Å². The van der Waals surface area contributed by atoms with Gasteiger partial charge in [-0.2, -0.15) is 0 Å². The molecule has 0 atom stereocenters. The third-order valence-corrected chi connectivity index (χ3v) is 6.31. The van der Waals surface area contributed by atoms with E-state index in [0.29, 0.717) is 17.4 Å². The van der Waals surface area contributed by atoms with Gasteiger partial charge in [-0.3, -0.25) is 14.2 Å². The van der Waals surface area contributed by atoms with Crippen LogP contribution in [-0.2, 0) is 11.3 Å². The first kappa shape index (κ1) is 25.2. The van der Waals surface area contributed by atoms with Crippen molar-refractivity contribution in [1.29, 1.82) is 0 Å². The molecule has 0 saturated carbocycles. The number of anilines is 1. The number of aryl methyl sites for hydroxylation is 1. The van der Waals surface area contributed by atoms with Gasteiger partial charge in [-0.25, -0.2) is 4.98 Å². The van der Waals surface area contributed by atoms with Gasteiger partial charge < -0.3 is 15.1 Å². The van der Waals surface area contributed by atoms with Crippen LogP contribution in [0.5, 0.6) is 0 Å². The standard InChI is InChI=1S/C25H36ClN5O2/c1-17(2)27-21(32)16-31-22(20-8-6-7-18(3)15-20)23(26)28-24(25(31)33)30-13-10-19(11-14-30)9-12-29(4)5/h6-8,15,17,19H,9-14,16H2,1-5H3,(H,27,32). The van der Waals surface area contributed by atoms with E-state index in [0.717, 1.165) is 50.0 Å². The summed E-state index contributed by atoms with van der Waals surface area (Å²) in [5.74, 6) is 0.751. The van der Waals surface area contributed by atoms with Gasteiger partial charge in [0.2, 0.25) is 5.91 Å². The fraction of sp³-hybridized carbons (Fsp3) is 0.560. The van der Waals surface area contributed by atoms with Crippen LogP contribution in [0.1, 0.15) is 38.7 Å². The molecule has 2 aromatic rings. The lowest BCUT2D eigenvalue weighted by atomic mass is 9.93. The van der Waals surface area contributed by atoms with Gasteiger partial charge in [-0.15, -0.1) is 0 Å². The molecule has 0 aliphatic carbocycles. The molecule has 1 fully saturated rings. The van der Waals surface area contributed by atoms with Crippen molar-refractivity contribution in [1.82, 2.24) is 19.8 Å². The van der Waals surface area contributed by atoms with Crippen LogP contribution in [0.4, 0.5) is 5.82 Å². The Bertz CT molecular complexity index is 1030. The number of carbonyl (C=O) groups is 1. The molecule has 1 aromatic carbocycles. The third kappa shape index (κ3) is 6.58. The number of hydrogen-bond acceptors (Lipinski definition) is 5. The summed E-state index contributed by atoms with van der Waals surface area (Å²) in [5.41, 5.74) is 2.02. The first-order chi connectivity index (χ1) is 15.7. The maximum Gasteiger partial charge on any atom is 0.294 e. The fourth-order valence-corrected chi connectivity index (χ4v) is 4.63. The molecule has 0 radical (unpaired) electrons. The minimum absolute atomic E-state index is 0.0198. The van der Waals surface area contributed by atoms with E-state index in [1.165, 1.54) is 4.57 Å². The average Bonchev–Trinajstić information content (AvgIpc) is 2.74. The molecule has 8 heteroatoms. The second kappa shape index (κ2) is 11.2. The predicted octanol–water partition coefficient (Wildman–Crippen LogP) is 3.56. The summed E-state index contributed by atoms with van der Waals surface area (Å²) in [7, 11) is 4.18. The van der Waals surface area contributed by atoms with Crippen molar-refractivity contribution in [3.63, 3.8) is 0 Å². The van der Waals surface area contributed by atoms with Crippen molar-refractivity contribution in [2.45, 2.75) is 52.6 Å². The highest BCUT2D eigenvalue weighted by Gasteiger charge is 2.26. The van der Waals surface area contributed by atoms with Crippen molar-refractivity contribution in [2.24, 2.45) is 5.92 Å². The summed E-state index contributed by atoms with van der Waals surface area (Å²) in [6.07, 6.45) is 3.18. The molecule has 33 heavy (non-hydrogen) atoms. The topological polar surface area (TPSA) is 70.5 Å². The van der Waals surface area contributed by atoms with Crippen LogP contribution < -0.4 is 15.8 Å². The minimum atomic E-state index is -0.276. The summed E-state index contributed by atoms with van der Waals surface area (Å²) in [5, 5.41) is 3.11. The van der Waals surface area contributed by atoms with Gasteiger partial charge >= 0.3 is 0 Å². The summed E-state index contributed by atoms with van der Waals surface area (Å²) in [6.45, 7) is 8.26. The zero-order chi connectivity index (χ0) is 24.1. The summed E-state index contributed by atoms with van der Waals surface area (Å²) in [6, 6.07) is 7.72. The molecule has 3 rings (SSSR count). The monoisotopic (exact) mass is 473 g/mol. The average molecular weight is 474 g/mol. The van der Waals surface area contributed by atoms with Crippen molar-refractivity contribution >= 4 is 23.3 Å². The van der Waals surface area contributed by atoms with Gasteiger partial charge in [0.25, 0.3) is 5.56 Å². The quantitative estimate of drug-likeness (QED) is 0.634. The number of nitrogens with one attached hydrogen (secondary N) is 1. The Labute approximate surface area is 201 Å². The molecule has 180 valence electrons. The Morgan fingerprint density at radius 1 is 1.27 bits per heavy atom. The van der Waals surface area contributed by atoms with Gasteiger partial charge in [0, 0.05) is 24.7 Å². The minimum Gasteiger partial charge on any atom is -0.352 e. The number of amides is 1. The van der Waals surface area contributed by atoms with Gasteiger partial charge in [0.1, 0.15) is 6.54 Å². The Balaban J connectivity index is 1.95. The normalized spacial score (nSPS) is 14.8. The first-order valence-electron chi connectivity index (χ1n) is 11.7. The maximum absolute atomic E-state index is 13.6. The fourth-order valence-electron chi connectivity index (χ4n) is 4.34. The lowest BCUT2D eigenvalue weighted by Gasteiger charge is -2.33. The molecule has 2 heterocycles. The van der Waals surface area contributed by atoms with Crippen molar-refractivity contribution in [2.75, 3.05) is 38.6 Å². The SMILES string of the molecule is Cc1cccc(-c2c(Cl)nc(N3CCC(CCN(C)C)CC3)c(=O)n2CC(=O)NC(C)C)c1. The largest absolute Gasteiger partial charge is 0.352 e. The van der Waals surface area contributed by atoms with Gasteiger partial charge in [-0.05, 0) is 72.7 Å². The molecule has 0 spiro atoms. The molecule has 1 aliphatic rings. The van der Waals surface area contributed by atoms with Crippen LogP contribution in [0.3, 0.4) is 0 Å². The summed E-state index contributed by atoms with van der Waals surface area (Å²) >= 11 is 6.68. The summed E-state index contributed by atoms with van der Waals surface area (Å²) in [4.78, 5) is 35.1. The van der Waals surface area contributed by atoms with E-state index >= 15 is 0 Å². The number of piperidine rings is 1. The van der Waals surface area contributed by atoms with Crippen molar-refractivity contribution in [3.05, 3.63) is 45.3 Å². The van der Waals surface area contributed by atoms with Crippen molar-refractivity contribution in [3.8, 4) is 11.3 Å². The van der Waals surface area contributed by atoms with E-state index in [-0.39, 0.29) is 29.2 Å². The molecule has 1 aliphatic heterocycles. The zero-order valence-electron chi connectivity index (χ0n) is 20.4.